The van der Waals surface area contributed by atoms with Crippen molar-refractivity contribution in [3.63, 3.8) is 0 Å². The van der Waals surface area contributed by atoms with Crippen LogP contribution in [0.2, 0.25) is 0 Å². The predicted molar refractivity (Wildman–Crippen MR) is 93.7 cm³/mol. The van der Waals surface area contributed by atoms with E-state index in [2.05, 4.69) is 20.8 Å². The average molecular weight is 338 g/mol. The highest BCUT2D eigenvalue weighted by Crippen LogP contribution is 2.41. The quantitative estimate of drug-likeness (QED) is 0.801. The van der Waals surface area contributed by atoms with Crippen molar-refractivity contribution < 1.29 is 9.53 Å². The van der Waals surface area contributed by atoms with E-state index in [0.29, 0.717) is 23.8 Å². The number of nitrogens with zero attached hydrogens (tertiary/aromatic N) is 1. The van der Waals surface area contributed by atoms with Crippen LogP contribution in [0, 0.1) is 6.92 Å². The van der Waals surface area contributed by atoms with Crippen molar-refractivity contribution >= 4 is 11.6 Å². The molecule has 1 saturated carbocycles. The number of rotatable bonds is 4. The van der Waals surface area contributed by atoms with Crippen LogP contribution >= 0.6 is 0 Å². The van der Waals surface area contributed by atoms with Gasteiger partial charge in [0.15, 0.2) is 5.69 Å². The number of aromatic amines is 1. The lowest BCUT2D eigenvalue weighted by atomic mass is 10.0. The number of fused-ring (bicyclic) bond motifs is 2. The molecular formula is C19H22N4O2. The summed E-state index contributed by atoms with van der Waals surface area (Å²) in [6, 6.07) is 8.36. The maximum absolute atomic E-state index is 12.5. The Kier molecular flexibility index (Phi) is 3.43. The Morgan fingerprint density at radius 1 is 1.28 bits per heavy atom. The zero-order valence-electron chi connectivity index (χ0n) is 14.2. The van der Waals surface area contributed by atoms with Crippen molar-refractivity contribution in [3.8, 4) is 0 Å². The number of benzene rings is 1. The number of hydrogen-bond donors (Lipinski definition) is 3. The summed E-state index contributed by atoms with van der Waals surface area (Å²) in [5.41, 5.74) is 4.51. The SMILES string of the molecule is Cc1c(C(=O)Nc2ccc([C@@H]3O[C@H]4CN[C@@H]3C4)cc2)n[nH]c1C1CC1. The highest BCUT2D eigenvalue weighted by molar-refractivity contribution is 6.04. The van der Waals surface area contributed by atoms with E-state index in [0.717, 1.165) is 35.5 Å². The molecular weight excluding hydrogens is 316 g/mol. The molecule has 1 aromatic heterocycles. The van der Waals surface area contributed by atoms with Crippen LogP contribution < -0.4 is 10.6 Å². The fraction of sp³-hybridized carbons (Fsp3) is 0.474. The molecule has 3 aliphatic rings. The Morgan fingerprint density at radius 2 is 2.08 bits per heavy atom. The number of H-pyrrole nitrogens is 1. The van der Waals surface area contributed by atoms with Crippen molar-refractivity contribution in [1.29, 1.82) is 0 Å². The molecule has 3 N–H and O–H groups in total. The number of aromatic nitrogens is 2. The summed E-state index contributed by atoms with van der Waals surface area (Å²) in [4.78, 5) is 12.5. The van der Waals surface area contributed by atoms with Crippen LogP contribution in [0.15, 0.2) is 24.3 Å². The second kappa shape index (κ2) is 5.68. The molecule has 1 amide bonds. The number of ether oxygens (including phenoxy) is 1. The van der Waals surface area contributed by atoms with Gasteiger partial charge in [-0.1, -0.05) is 12.1 Å². The molecule has 2 saturated heterocycles. The average Bonchev–Trinajstić information content (AvgIpc) is 3.05. The molecule has 1 aliphatic carbocycles. The first-order chi connectivity index (χ1) is 12.2. The van der Waals surface area contributed by atoms with Gasteiger partial charge in [0.05, 0.1) is 12.2 Å². The van der Waals surface area contributed by atoms with Crippen LogP contribution in [0.4, 0.5) is 5.69 Å². The predicted octanol–water partition coefficient (Wildman–Crippen LogP) is 2.65. The van der Waals surface area contributed by atoms with Gasteiger partial charge in [-0.25, -0.2) is 0 Å². The number of carbonyl (C=O) groups is 1. The highest BCUT2D eigenvalue weighted by atomic mass is 16.5. The lowest BCUT2D eigenvalue weighted by Gasteiger charge is -2.23. The summed E-state index contributed by atoms with van der Waals surface area (Å²) >= 11 is 0. The van der Waals surface area contributed by atoms with E-state index in [-0.39, 0.29) is 12.0 Å². The standard InChI is InChI=1S/C19H22N4O2/c1-10-16(11-2-3-11)22-23-17(10)19(24)21-13-6-4-12(5-7-13)18-15-8-14(25-18)9-20-15/h4-7,11,14-15,18,20H,2-3,8-9H2,1H3,(H,21,24)(H,22,23)/t14-,15-,18+/m1/s1. The molecule has 3 atom stereocenters. The zero-order valence-corrected chi connectivity index (χ0v) is 14.2. The third-order valence-corrected chi connectivity index (χ3v) is 5.57. The van der Waals surface area contributed by atoms with Gasteiger partial charge in [0.2, 0.25) is 0 Å². The van der Waals surface area contributed by atoms with E-state index in [4.69, 9.17) is 4.74 Å². The van der Waals surface area contributed by atoms with Crippen molar-refractivity contribution in [2.45, 2.75) is 50.4 Å². The number of anilines is 1. The first-order valence-corrected chi connectivity index (χ1v) is 9.04. The van der Waals surface area contributed by atoms with Gasteiger partial charge >= 0.3 is 0 Å². The largest absolute Gasteiger partial charge is 0.367 e. The van der Waals surface area contributed by atoms with E-state index < -0.39 is 0 Å². The van der Waals surface area contributed by atoms with Crippen molar-refractivity contribution in [2.24, 2.45) is 0 Å². The molecule has 3 heterocycles. The number of nitrogens with one attached hydrogen (secondary N) is 3. The third-order valence-electron chi connectivity index (χ3n) is 5.57. The Morgan fingerprint density at radius 3 is 2.72 bits per heavy atom. The van der Waals surface area contributed by atoms with E-state index in [1.54, 1.807) is 0 Å². The number of amides is 1. The Balaban J connectivity index is 1.28. The Labute approximate surface area is 146 Å². The number of carbonyl (C=O) groups excluding carboxylic acids is 1. The topological polar surface area (TPSA) is 79.0 Å². The molecule has 0 radical (unpaired) electrons. The van der Waals surface area contributed by atoms with Crippen LogP contribution in [0.1, 0.15) is 58.6 Å². The second-order valence-corrected chi connectivity index (χ2v) is 7.39. The van der Waals surface area contributed by atoms with E-state index in [1.165, 1.54) is 12.8 Å². The summed E-state index contributed by atoms with van der Waals surface area (Å²) in [7, 11) is 0. The van der Waals surface area contributed by atoms with Gasteiger partial charge in [-0.2, -0.15) is 5.10 Å². The van der Waals surface area contributed by atoms with Crippen molar-refractivity contribution in [3.05, 3.63) is 46.8 Å². The first-order valence-electron chi connectivity index (χ1n) is 9.04. The molecule has 6 heteroatoms. The molecule has 2 aliphatic heterocycles. The van der Waals surface area contributed by atoms with E-state index >= 15 is 0 Å². The molecule has 5 rings (SSSR count). The summed E-state index contributed by atoms with van der Waals surface area (Å²) in [5.74, 6) is 0.398. The van der Waals surface area contributed by atoms with Crippen LogP contribution in [0.5, 0.6) is 0 Å². The van der Waals surface area contributed by atoms with Gasteiger partial charge in [-0.15, -0.1) is 0 Å². The zero-order chi connectivity index (χ0) is 17.0. The minimum Gasteiger partial charge on any atom is -0.367 e. The van der Waals surface area contributed by atoms with Crippen LogP contribution in [0.25, 0.3) is 0 Å². The molecule has 2 aromatic rings. The Hall–Kier alpha value is -2.18. The van der Waals surface area contributed by atoms with Gasteiger partial charge in [-0.05, 0) is 43.9 Å². The number of morpholine rings is 1. The fourth-order valence-corrected chi connectivity index (χ4v) is 4.03. The highest BCUT2D eigenvalue weighted by Gasteiger charge is 2.41. The van der Waals surface area contributed by atoms with Crippen LogP contribution in [-0.2, 0) is 4.74 Å². The van der Waals surface area contributed by atoms with Gasteiger partial charge in [0.1, 0.15) is 0 Å². The van der Waals surface area contributed by atoms with Gasteiger partial charge in [0, 0.05) is 35.4 Å². The molecule has 0 spiro atoms. The molecule has 3 fully saturated rings. The van der Waals surface area contributed by atoms with E-state index in [1.807, 2.05) is 31.2 Å². The van der Waals surface area contributed by atoms with Gasteiger partial charge < -0.3 is 15.4 Å². The van der Waals surface area contributed by atoms with Gasteiger partial charge in [0.25, 0.3) is 5.91 Å². The maximum atomic E-state index is 12.5. The van der Waals surface area contributed by atoms with Crippen LogP contribution in [0.3, 0.4) is 0 Å². The summed E-state index contributed by atoms with van der Waals surface area (Å²) in [5, 5.41) is 13.7. The van der Waals surface area contributed by atoms with Gasteiger partial charge in [-0.3, -0.25) is 9.89 Å². The molecule has 2 bridgehead atoms. The van der Waals surface area contributed by atoms with E-state index in [9.17, 15) is 4.79 Å². The molecule has 130 valence electrons. The molecule has 25 heavy (non-hydrogen) atoms. The maximum Gasteiger partial charge on any atom is 0.276 e. The molecule has 0 unspecified atom stereocenters. The normalized spacial score (nSPS) is 27.6. The molecule has 6 nitrogen and oxygen atoms in total. The summed E-state index contributed by atoms with van der Waals surface area (Å²) < 4.78 is 6.02. The third kappa shape index (κ3) is 2.65. The Bertz CT molecular complexity index is 809. The van der Waals surface area contributed by atoms with Crippen LogP contribution in [-0.4, -0.2) is 34.8 Å². The summed E-state index contributed by atoms with van der Waals surface area (Å²) in [6.45, 7) is 2.93. The van der Waals surface area contributed by atoms with Crippen molar-refractivity contribution in [1.82, 2.24) is 15.5 Å². The number of hydrogen-bond acceptors (Lipinski definition) is 4. The minimum atomic E-state index is -0.161. The minimum absolute atomic E-state index is 0.123. The molecule has 1 aromatic carbocycles. The lowest BCUT2D eigenvalue weighted by molar-refractivity contribution is 0.0160. The lowest BCUT2D eigenvalue weighted by Crippen LogP contribution is -2.33. The monoisotopic (exact) mass is 338 g/mol. The second-order valence-electron chi connectivity index (χ2n) is 7.39. The fourth-order valence-electron chi connectivity index (χ4n) is 4.03. The summed E-state index contributed by atoms with van der Waals surface area (Å²) in [6.07, 6.45) is 3.93. The first kappa shape index (κ1) is 15.1. The smallest absolute Gasteiger partial charge is 0.276 e. The van der Waals surface area contributed by atoms with Crippen molar-refractivity contribution in [2.75, 3.05) is 11.9 Å².